The van der Waals surface area contributed by atoms with Gasteiger partial charge in [-0.05, 0) is 26.7 Å². The molecule has 1 aliphatic carbocycles. The molecule has 0 saturated carbocycles. The maximum atomic E-state index is 12.8. The number of nitrogens with one attached hydrogen (secondary N) is 1. The number of carboxylic acid groups (broad SMARTS) is 1. The van der Waals surface area contributed by atoms with Crippen molar-refractivity contribution in [2.24, 2.45) is 0 Å². The van der Waals surface area contributed by atoms with Crippen molar-refractivity contribution in [2.45, 2.75) is 18.4 Å². The van der Waals surface area contributed by atoms with E-state index in [0.717, 1.165) is 22.3 Å². The zero-order chi connectivity index (χ0) is 17.3. The lowest BCUT2D eigenvalue weighted by Gasteiger charge is -2.18. The Balaban J connectivity index is 1.95. The van der Waals surface area contributed by atoms with Crippen LogP contribution in [0, 0.1) is 0 Å². The fourth-order valence-electron chi connectivity index (χ4n) is 3.11. The zero-order valence-electron chi connectivity index (χ0n) is 12.8. The number of rotatable bonds is 5. The van der Waals surface area contributed by atoms with Crippen LogP contribution in [0.1, 0.15) is 23.5 Å². The Labute approximate surface area is 148 Å². The molecule has 5 heteroatoms. The van der Waals surface area contributed by atoms with E-state index in [-0.39, 0.29) is 12.3 Å². The smallest absolute Gasteiger partial charge is 0.326 e. The standard InChI is InChI=1S/C19H16BrNO3/c1-11(20)10-16(19(23)24)21-18(22)17-14-8-4-2-6-12(14)13-7-3-5-9-15(13)17/h2-9,16-17H,1,10H2,(H,21,22)(H,23,24)/t16-/m1/s1. The molecule has 2 N–H and O–H groups in total. The molecular formula is C19H16BrNO3. The fraction of sp³-hybridized carbons (Fsp3) is 0.158. The minimum atomic E-state index is -1.08. The summed E-state index contributed by atoms with van der Waals surface area (Å²) in [7, 11) is 0. The first-order valence-corrected chi connectivity index (χ1v) is 8.33. The zero-order valence-corrected chi connectivity index (χ0v) is 14.4. The summed E-state index contributed by atoms with van der Waals surface area (Å²) in [6.07, 6.45) is 0.136. The average molecular weight is 386 g/mol. The van der Waals surface area contributed by atoms with Crippen molar-refractivity contribution < 1.29 is 14.7 Å². The Bertz CT molecular complexity index is 785. The lowest BCUT2D eigenvalue weighted by Crippen LogP contribution is -2.43. The molecule has 4 nitrogen and oxygen atoms in total. The molecule has 0 radical (unpaired) electrons. The van der Waals surface area contributed by atoms with Crippen molar-refractivity contribution in [3.63, 3.8) is 0 Å². The van der Waals surface area contributed by atoms with Crippen LogP contribution >= 0.6 is 15.9 Å². The molecule has 0 unspecified atom stereocenters. The molecule has 0 spiro atoms. The summed E-state index contributed by atoms with van der Waals surface area (Å²) in [5.74, 6) is -1.89. The molecule has 1 atom stereocenters. The molecule has 0 saturated heterocycles. The second-order valence-corrected chi connectivity index (χ2v) is 6.85. The number of halogens is 1. The molecule has 1 amide bonds. The number of fused-ring (bicyclic) bond motifs is 3. The minimum Gasteiger partial charge on any atom is -0.480 e. The summed E-state index contributed by atoms with van der Waals surface area (Å²) in [4.78, 5) is 24.2. The summed E-state index contributed by atoms with van der Waals surface area (Å²) in [6.45, 7) is 3.66. The van der Waals surface area contributed by atoms with Crippen LogP contribution in [0.5, 0.6) is 0 Å². The van der Waals surface area contributed by atoms with Gasteiger partial charge in [0.2, 0.25) is 5.91 Å². The number of carboxylic acids is 1. The van der Waals surface area contributed by atoms with Crippen molar-refractivity contribution >= 4 is 27.8 Å². The lowest BCUT2D eigenvalue weighted by atomic mass is 9.95. The number of carbonyl (C=O) groups excluding carboxylic acids is 1. The molecule has 24 heavy (non-hydrogen) atoms. The molecule has 0 heterocycles. The van der Waals surface area contributed by atoms with Crippen molar-refractivity contribution in [2.75, 3.05) is 0 Å². The Morgan fingerprint density at radius 1 is 1.08 bits per heavy atom. The van der Waals surface area contributed by atoms with Gasteiger partial charge in [0, 0.05) is 6.42 Å². The van der Waals surface area contributed by atoms with Gasteiger partial charge in [0.1, 0.15) is 6.04 Å². The summed E-state index contributed by atoms with van der Waals surface area (Å²) in [6, 6.07) is 14.4. The first-order valence-electron chi connectivity index (χ1n) is 7.53. The van der Waals surface area contributed by atoms with Crippen LogP contribution in [-0.2, 0) is 9.59 Å². The number of hydrogen-bond donors (Lipinski definition) is 2. The summed E-state index contributed by atoms with van der Waals surface area (Å²) < 4.78 is 0.530. The molecule has 122 valence electrons. The van der Waals surface area contributed by atoms with E-state index in [9.17, 15) is 14.7 Å². The first-order chi connectivity index (χ1) is 11.5. The normalized spacial score (nSPS) is 13.7. The van der Waals surface area contributed by atoms with E-state index in [1.807, 2.05) is 48.5 Å². The highest BCUT2D eigenvalue weighted by molar-refractivity contribution is 9.11. The Morgan fingerprint density at radius 2 is 1.58 bits per heavy atom. The fourth-order valence-corrected chi connectivity index (χ4v) is 3.44. The molecular weight excluding hydrogens is 370 g/mol. The number of aliphatic carboxylic acids is 1. The summed E-state index contributed by atoms with van der Waals surface area (Å²) in [5, 5.41) is 12.0. The van der Waals surface area contributed by atoms with Gasteiger partial charge in [-0.3, -0.25) is 4.79 Å². The van der Waals surface area contributed by atoms with Crippen molar-refractivity contribution in [3.8, 4) is 11.1 Å². The quantitative estimate of drug-likeness (QED) is 0.824. The Morgan fingerprint density at radius 3 is 2.04 bits per heavy atom. The maximum absolute atomic E-state index is 12.8. The van der Waals surface area contributed by atoms with Gasteiger partial charge in [-0.15, -0.1) is 0 Å². The van der Waals surface area contributed by atoms with E-state index in [4.69, 9.17) is 0 Å². The van der Waals surface area contributed by atoms with Gasteiger partial charge in [-0.1, -0.05) is 71.0 Å². The predicted octanol–water partition coefficient (Wildman–Crippen LogP) is 3.67. The molecule has 2 aromatic rings. The Kier molecular flexibility index (Phi) is 4.53. The third-order valence-corrected chi connectivity index (χ3v) is 4.46. The van der Waals surface area contributed by atoms with Crippen LogP contribution in [0.3, 0.4) is 0 Å². The van der Waals surface area contributed by atoms with E-state index in [0.29, 0.717) is 4.48 Å². The Hall–Kier alpha value is -2.40. The van der Waals surface area contributed by atoms with E-state index >= 15 is 0 Å². The van der Waals surface area contributed by atoms with Gasteiger partial charge in [0.25, 0.3) is 0 Å². The van der Waals surface area contributed by atoms with E-state index in [1.165, 1.54) is 0 Å². The van der Waals surface area contributed by atoms with Gasteiger partial charge in [-0.25, -0.2) is 4.79 Å². The van der Waals surface area contributed by atoms with Gasteiger partial charge in [0.05, 0.1) is 5.92 Å². The average Bonchev–Trinajstić information content (AvgIpc) is 2.88. The number of benzene rings is 2. The van der Waals surface area contributed by atoms with Crippen molar-refractivity contribution in [3.05, 3.63) is 70.7 Å². The second kappa shape index (κ2) is 6.61. The third kappa shape index (κ3) is 2.99. The predicted molar refractivity (Wildman–Crippen MR) is 96.0 cm³/mol. The van der Waals surface area contributed by atoms with Crippen LogP contribution < -0.4 is 5.32 Å². The monoisotopic (exact) mass is 385 g/mol. The molecule has 0 fully saturated rings. The number of hydrogen-bond acceptors (Lipinski definition) is 2. The van der Waals surface area contributed by atoms with E-state index < -0.39 is 17.9 Å². The van der Waals surface area contributed by atoms with E-state index in [1.54, 1.807) is 0 Å². The van der Waals surface area contributed by atoms with Crippen LogP contribution in [0.4, 0.5) is 0 Å². The minimum absolute atomic E-state index is 0.136. The summed E-state index contributed by atoms with van der Waals surface area (Å²) in [5.41, 5.74) is 3.84. The van der Waals surface area contributed by atoms with Gasteiger partial charge >= 0.3 is 5.97 Å². The van der Waals surface area contributed by atoms with Gasteiger partial charge < -0.3 is 10.4 Å². The lowest BCUT2D eigenvalue weighted by molar-refractivity contribution is -0.141. The van der Waals surface area contributed by atoms with E-state index in [2.05, 4.69) is 27.8 Å². The highest BCUT2D eigenvalue weighted by Gasteiger charge is 2.35. The molecule has 1 aliphatic rings. The summed E-state index contributed by atoms with van der Waals surface area (Å²) >= 11 is 3.16. The molecule has 3 rings (SSSR count). The van der Waals surface area contributed by atoms with Crippen LogP contribution in [0.2, 0.25) is 0 Å². The highest BCUT2D eigenvalue weighted by atomic mass is 79.9. The maximum Gasteiger partial charge on any atom is 0.326 e. The topological polar surface area (TPSA) is 66.4 Å². The molecule has 0 aliphatic heterocycles. The van der Waals surface area contributed by atoms with Crippen molar-refractivity contribution in [1.82, 2.24) is 5.32 Å². The van der Waals surface area contributed by atoms with Crippen LogP contribution in [0.25, 0.3) is 11.1 Å². The van der Waals surface area contributed by atoms with Gasteiger partial charge in [-0.2, -0.15) is 0 Å². The largest absolute Gasteiger partial charge is 0.480 e. The molecule has 0 aromatic heterocycles. The number of amides is 1. The first kappa shape index (κ1) is 16.5. The van der Waals surface area contributed by atoms with Crippen molar-refractivity contribution in [1.29, 1.82) is 0 Å². The highest BCUT2D eigenvalue weighted by Crippen LogP contribution is 2.44. The van der Waals surface area contributed by atoms with Crippen LogP contribution in [0.15, 0.2) is 59.6 Å². The van der Waals surface area contributed by atoms with Gasteiger partial charge in [0.15, 0.2) is 0 Å². The second-order valence-electron chi connectivity index (χ2n) is 5.73. The number of carbonyl (C=O) groups is 2. The molecule has 0 bridgehead atoms. The van der Waals surface area contributed by atoms with Crippen LogP contribution in [-0.4, -0.2) is 23.0 Å². The third-order valence-electron chi connectivity index (χ3n) is 4.14. The SMILES string of the molecule is C=C(Br)C[C@@H](NC(=O)C1c2ccccc2-c2ccccc21)C(=O)O. The molecule has 2 aromatic carbocycles.